The molecule has 1 aliphatic carbocycles. The maximum Gasteiger partial charge on any atom is 0.222 e. The van der Waals surface area contributed by atoms with Gasteiger partial charge in [0.05, 0.1) is 11.8 Å². The largest absolute Gasteiger partial charge is 0.464 e. The van der Waals surface area contributed by atoms with Crippen molar-refractivity contribution in [3.63, 3.8) is 0 Å². The number of pyridine rings is 1. The van der Waals surface area contributed by atoms with Gasteiger partial charge >= 0.3 is 0 Å². The molecule has 0 bridgehead atoms. The van der Waals surface area contributed by atoms with E-state index in [4.69, 9.17) is 10.5 Å². The highest BCUT2D eigenvalue weighted by atomic mass is 16.5. The predicted molar refractivity (Wildman–Crippen MR) is 76.5 cm³/mol. The molecule has 0 amide bonds. The number of fused-ring (bicyclic) bond motifs is 4. The number of rotatable bonds is 0. The first kappa shape index (κ1) is 12.5. The molecule has 0 unspecified atom stereocenters. The van der Waals surface area contributed by atoms with Crippen molar-refractivity contribution in [3.8, 4) is 17.0 Å². The molecule has 1 fully saturated rings. The van der Waals surface area contributed by atoms with E-state index in [-0.39, 0.29) is 12.1 Å². The van der Waals surface area contributed by atoms with Crippen molar-refractivity contribution in [3.05, 3.63) is 30.2 Å². The molecule has 2 aromatic rings. The van der Waals surface area contributed by atoms with Crippen molar-refractivity contribution >= 4 is 5.95 Å². The Balaban J connectivity index is 1.91. The molecule has 21 heavy (non-hydrogen) atoms. The molecule has 2 aromatic heterocycles. The standard InChI is InChI=1S/C15H16N4O2/c16-14-18-8-11-10-2-1-7-17-13(10)21-15(12(11)19-14)5-3-9(20)4-6-15/h1-2,7-9,20H,3-6H2,(H2,16,18,19). The minimum atomic E-state index is -0.549. The summed E-state index contributed by atoms with van der Waals surface area (Å²) in [5, 5.41) is 9.79. The summed E-state index contributed by atoms with van der Waals surface area (Å²) < 4.78 is 6.22. The molecule has 108 valence electrons. The molecule has 2 aliphatic rings. The van der Waals surface area contributed by atoms with Crippen LogP contribution in [0.2, 0.25) is 0 Å². The molecule has 3 N–H and O–H groups in total. The van der Waals surface area contributed by atoms with Crippen LogP contribution in [0.15, 0.2) is 24.5 Å². The van der Waals surface area contributed by atoms with Crippen molar-refractivity contribution in [2.45, 2.75) is 37.4 Å². The van der Waals surface area contributed by atoms with Crippen molar-refractivity contribution in [2.75, 3.05) is 5.73 Å². The lowest BCUT2D eigenvalue weighted by atomic mass is 9.77. The molecular formula is C15H16N4O2. The van der Waals surface area contributed by atoms with Crippen LogP contribution >= 0.6 is 0 Å². The lowest BCUT2D eigenvalue weighted by molar-refractivity contribution is -0.0231. The summed E-state index contributed by atoms with van der Waals surface area (Å²) in [6, 6.07) is 3.82. The van der Waals surface area contributed by atoms with E-state index in [1.807, 2.05) is 12.1 Å². The van der Waals surface area contributed by atoms with Gasteiger partial charge < -0.3 is 15.6 Å². The number of aliphatic hydroxyl groups is 1. The number of nitrogens with zero attached hydrogens (tertiary/aromatic N) is 3. The number of ether oxygens (including phenoxy) is 1. The summed E-state index contributed by atoms with van der Waals surface area (Å²) in [6.07, 6.45) is 5.96. The molecule has 1 aliphatic heterocycles. The number of hydrogen-bond acceptors (Lipinski definition) is 6. The van der Waals surface area contributed by atoms with Crippen LogP contribution in [0.3, 0.4) is 0 Å². The van der Waals surface area contributed by atoms with Crippen LogP contribution in [0, 0.1) is 0 Å². The maximum atomic E-state index is 9.79. The third kappa shape index (κ3) is 1.86. The zero-order chi connectivity index (χ0) is 14.4. The Hall–Kier alpha value is -2.21. The first-order valence-corrected chi connectivity index (χ1v) is 7.13. The topological polar surface area (TPSA) is 94.2 Å². The number of aromatic nitrogens is 3. The zero-order valence-corrected chi connectivity index (χ0v) is 11.5. The van der Waals surface area contributed by atoms with Crippen molar-refractivity contribution in [2.24, 2.45) is 0 Å². The van der Waals surface area contributed by atoms with Crippen LogP contribution in [-0.2, 0) is 5.60 Å². The lowest BCUT2D eigenvalue weighted by Gasteiger charge is -2.42. The van der Waals surface area contributed by atoms with E-state index in [9.17, 15) is 5.11 Å². The van der Waals surface area contributed by atoms with Gasteiger partial charge in [-0.05, 0) is 37.8 Å². The number of nitrogens with two attached hydrogens (primary N) is 1. The monoisotopic (exact) mass is 284 g/mol. The third-order valence-electron chi connectivity index (χ3n) is 4.36. The highest BCUT2D eigenvalue weighted by Crippen LogP contribution is 2.49. The van der Waals surface area contributed by atoms with Crippen LogP contribution in [0.5, 0.6) is 5.88 Å². The third-order valence-corrected chi connectivity index (χ3v) is 4.36. The average molecular weight is 284 g/mol. The minimum Gasteiger partial charge on any atom is -0.464 e. The van der Waals surface area contributed by atoms with Crippen molar-refractivity contribution in [1.29, 1.82) is 0 Å². The smallest absolute Gasteiger partial charge is 0.222 e. The van der Waals surface area contributed by atoms with Gasteiger partial charge in [0.15, 0.2) is 5.60 Å². The maximum absolute atomic E-state index is 9.79. The van der Waals surface area contributed by atoms with E-state index in [2.05, 4.69) is 15.0 Å². The molecule has 4 rings (SSSR count). The van der Waals surface area contributed by atoms with Gasteiger partial charge in [-0.25, -0.2) is 15.0 Å². The summed E-state index contributed by atoms with van der Waals surface area (Å²) in [7, 11) is 0. The van der Waals surface area contributed by atoms with Gasteiger partial charge in [-0.2, -0.15) is 0 Å². The van der Waals surface area contributed by atoms with Gasteiger partial charge in [-0.3, -0.25) is 0 Å². The van der Waals surface area contributed by atoms with Gasteiger partial charge in [0.1, 0.15) is 0 Å². The molecule has 6 nitrogen and oxygen atoms in total. The summed E-state index contributed by atoms with van der Waals surface area (Å²) in [4.78, 5) is 12.9. The van der Waals surface area contributed by atoms with E-state index in [1.165, 1.54) is 0 Å². The Morgan fingerprint density at radius 1 is 1.24 bits per heavy atom. The summed E-state index contributed by atoms with van der Waals surface area (Å²) >= 11 is 0. The van der Waals surface area contributed by atoms with Crippen LogP contribution in [0.4, 0.5) is 5.95 Å². The lowest BCUT2D eigenvalue weighted by Crippen LogP contribution is -2.42. The van der Waals surface area contributed by atoms with E-state index >= 15 is 0 Å². The Bertz CT molecular complexity index is 696. The van der Waals surface area contributed by atoms with Gasteiger partial charge in [-0.15, -0.1) is 0 Å². The first-order chi connectivity index (χ1) is 10.2. The number of aliphatic hydroxyl groups excluding tert-OH is 1. The number of anilines is 1. The van der Waals surface area contributed by atoms with E-state index in [1.54, 1.807) is 12.4 Å². The fraction of sp³-hybridized carbons (Fsp3) is 0.400. The van der Waals surface area contributed by atoms with Gasteiger partial charge in [0.25, 0.3) is 0 Å². The number of hydrogen-bond donors (Lipinski definition) is 2. The molecule has 0 saturated heterocycles. The van der Waals surface area contributed by atoms with E-state index < -0.39 is 5.60 Å². The highest BCUT2D eigenvalue weighted by molar-refractivity contribution is 5.73. The Kier molecular flexibility index (Phi) is 2.62. The summed E-state index contributed by atoms with van der Waals surface area (Å²) in [5.41, 5.74) is 7.87. The molecule has 0 radical (unpaired) electrons. The highest BCUT2D eigenvalue weighted by Gasteiger charge is 2.45. The molecule has 1 saturated carbocycles. The fourth-order valence-corrected chi connectivity index (χ4v) is 3.26. The molecule has 0 aromatic carbocycles. The normalized spacial score (nSPS) is 26.8. The van der Waals surface area contributed by atoms with Gasteiger partial charge in [0, 0.05) is 23.5 Å². The quantitative estimate of drug-likeness (QED) is 0.763. The second-order valence-corrected chi connectivity index (χ2v) is 5.67. The number of nitrogen functional groups attached to an aromatic ring is 1. The first-order valence-electron chi connectivity index (χ1n) is 7.13. The second kappa shape index (κ2) is 4.39. The van der Waals surface area contributed by atoms with Crippen LogP contribution in [0.1, 0.15) is 31.4 Å². The Morgan fingerprint density at radius 2 is 2.05 bits per heavy atom. The van der Waals surface area contributed by atoms with Gasteiger partial charge in [-0.1, -0.05) is 0 Å². The fourth-order valence-electron chi connectivity index (χ4n) is 3.26. The second-order valence-electron chi connectivity index (χ2n) is 5.67. The Labute approximate surface area is 122 Å². The van der Waals surface area contributed by atoms with Crippen molar-refractivity contribution < 1.29 is 9.84 Å². The van der Waals surface area contributed by atoms with Gasteiger partial charge in [0.2, 0.25) is 11.8 Å². The minimum absolute atomic E-state index is 0.246. The molecular weight excluding hydrogens is 268 g/mol. The molecule has 6 heteroatoms. The zero-order valence-electron chi connectivity index (χ0n) is 11.5. The van der Waals surface area contributed by atoms with E-state index in [0.29, 0.717) is 31.6 Å². The molecule has 0 atom stereocenters. The molecule has 1 spiro atoms. The van der Waals surface area contributed by atoms with E-state index in [0.717, 1.165) is 16.8 Å². The van der Waals surface area contributed by atoms with Crippen LogP contribution in [-0.4, -0.2) is 26.2 Å². The molecule has 3 heterocycles. The SMILES string of the molecule is Nc1ncc2c(n1)C1(CCC(O)CC1)Oc1ncccc1-2. The summed E-state index contributed by atoms with van der Waals surface area (Å²) in [6.45, 7) is 0. The Morgan fingerprint density at radius 3 is 2.86 bits per heavy atom. The summed E-state index contributed by atoms with van der Waals surface area (Å²) in [5.74, 6) is 0.852. The average Bonchev–Trinajstić information content (AvgIpc) is 2.51. The van der Waals surface area contributed by atoms with Crippen molar-refractivity contribution in [1.82, 2.24) is 15.0 Å². The predicted octanol–water partition coefficient (Wildman–Crippen LogP) is 1.64. The van der Waals surface area contributed by atoms with Crippen LogP contribution in [0.25, 0.3) is 11.1 Å². The van der Waals surface area contributed by atoms with Crippen LogP contribution < -0.4 is 10.5 Å².